The molecule has 15 heavy (non-hydrogen) atoms. The summed E-state index contributed by atoms with van der Waals surface area (Å²) in [5.74, 6) is -0.371. The molecule has 1 atom stereocenters. The van der Waals surface area contributed by atoms with E-state index < -0.39 is 5.97 Å². The normalized spacial score (nSPS) is 22.4. The molecule has 0 spiro atoms. The highest BCUT2D eigenvalue weighted by molar-refractivity contribution is 5.74. The van der Waals surface area contributed by atoms with Gasteiger partial charge in [0.25, 0.3) is 0 Å². The Labute approximate surface area is 89.5 Å². The van der Waals surface area contributed by atoms with E-state index in [4.69, 9.17) is 5.26 Å². The molecule has 4 heteroatoms. The standard InChI is InChI=1S/C11H16N2O2/c12-6-1-7-13(9-4-5-9)10(11(14)15)8-2-3-8/h8-10H,1-5,7H2,(H,14,15). The fourth-order valence-electron chi connectivity index (χ4n) is 2.16. The van der Waals surface area contributed by atoms with Gasteiger partial charge in [0.05, 0.1) is 6.07 Å². The van der Waals surface area contributed by atoms with Gasteiger partial charge in [-0.15, -0.1) is 0 Å². The molecule has 2 aliphatic carbocycles. The largest absolute Gasteiger partial charge is 0.480 e. The summed E-state index contributed by atoms with van der Waals surface area (Å²) in [4.78, 5) is 13.2. The Kier molecular flexibility index (Phi) is 2.92. The van der Waals surface area contributed by atoms with Gasteiger partial charge in [-0.2, -0.15) is 5.26 Å². The Hall–Kier alpha value is -1.08. The number of nitriles is 1. The molecule has 2 aliphatic rings. The fraction of sp³-hybridized carbons (Fsp3) is 0.818. The van der Waals surface area contributed by atoms with Crippen molar-refractivity contribution in [1.82, 2.24) is 4.90 Å². The van der Waals surface area contributed by atoms with Gasteiger partial charge in [-0.25, -0.2) is 0 Å². The van der Waals surface area contributed by atoms with Crippen LogP contribution in [0.4, 0.5) is 0 Å². The third kappa shape index (κ3) is 2.48. The maximum absolute atomic E-state index is 11.2. The van der Waals surface area contributed by atoms with Crippen molar-refractivity contribution in [3.05, 3.63) is 0 Å². The molecule has 0 amide bonds. The highest BCUT2D eigenvalue weighted by Gasteiger charge is 2.44. The average molecular weight is 208 g/mol. The lowest BCUT2D eigenvalue weighted by atomic mass is 10.1. The second-order valence-electron chi connectivity index (χ2n) is 4.50. The van der Waals surface area contributed by atoms with Crippen LogP contribution in [0.5, 0.6) is 0 Å². The first kappa shape index (κ1) is 10.4. The zero-order valence-corrected chi connectivity index (χ0v) is 8.72. The Morgan fingerprint density at radius 3 is 2.53 bits per heavy atom. The van der Waals surface area contributed by atoms with E-state index >= 15 is 0 Å². The topological polar surface area (TPSA) is 64.3 Å². The molecule has 0 radical (unpaired) electrons. The van der Waals surface area contributed by atoms with E-state index in [1.54, 1.807) is 0 Å². The summed E-state index contributed by atoms with van der Waals surface area (Å²) in [6.45, 7) is 0.620. The number of carbonyl (C=O) groups is 1. The van der Waals surface area contributed by atoms with Gasteiger partial charge in [-0.3, -0.25) is 9.69 Å². The molecule has 0 aromatic carbocycles. The average Bonchev–Trinajstić information content (AvgIpc) is 3.01. The molecule has 4 nitrogen and oxygen atoms in total. The highest BCUT2D eigenvalue weighted by Crippen LogP contribution is 2.39. The van der Waals surface area contributed by atoms with Gasteiger partial charge in [0.15, 0.2) is 0 Å². The Bertz CT molecular complexity index is 289. The summed E-state index contributed by atoms with van der Waals surface area (Å²) in [6, 6.07) is 2.20. The number of carboxylic acids is 1. The third-order valence-electron chi connectivity index (χ3n) is 3.18. The number of nitrogens with zero attached hydrogens (tertiary/aromatic N) is 2. The van der Waals surface area contributed by atoms with E-state index in [1.165, 1.54) is 0 Å². The minimum Gasteiger partial charge on any atom is -0.480 e. The molecule has 0 bridgehead atoms. The maximum atomic E-state index is 11.2. The SMILES string of the molecule is N#CCCN(C1CC1)C(C(=O)O)C1CC1. The molecule has 0 heterocycles. The molecule has 2 fully saturated rings. The van der Waals surface area contributed by atoms with Crippen molar-refractivity contribution in [2.45, 2.75) is 44.2 Å². The van der Waals surface area contributed by atoms with Crippen LogP contribution >= 0.6 is 0 Å². The van der Waals surface area contributed by atoms with Gasteiger partial charge < -0.3 is 5.11 Å². The van der Waals surface area contributed by atoms with Crippen molar-refractivity contribution >= 4 is 5.97 Å². The maximum Gasteiger partial charge on any atom is 0.321 e. The van der Waals surface area contributed by atoms with Crippen LogP contribution in [0, 0.1) is 17.2 Å². The molecular weight excluding hydrogens is 192 g/mol. The summed E-state index contributed by atoms with van der Waals surface area (Å²) in [6.07, 6.45) is 4.70. The predicted molar refractivity (Wildman–Crippen MR) is 54.1 cm³/mol. The van der Waals surface area contributed by atoms with E-state index in [0.29, 0.717) is 24.9 Å². The van der Waals surface area contributed by atoms with Crippen molar-refractivity contribution in [2.75, 3.05) is 6.54 Å². The van der Waals surface area contributed by atoms with Gasteiger partial charge in [0.2, 0.25) is 0 Å². The minimum atomic E-state index is -0.706. The summed E-state index contributed by atoms with van der Waals surface area (Å²) in [5.41, 5.74) is 0. The van der Waals surface area contributed by atoms with Gasteiger partial charge >= 0.3 is 5.97 Å². The van der Waals surface area contributed by atoms with E-state index in [-0.39, 0.29) is 6.04 Å². The molecule has 1 unspecified atom stereocenters. The smallest absolute Gasteiger partial charge is 0.321 e. The van der Waals surface area contributed by atoms with Crippen molar-refractivity contribution < 1.29 is 9.90 Å². The Morgan fingerprint density at radius 1 is 1.47 bits per heavy atom. The fourth-order valence-corrected chi connectivity index (χ4v) is 2.16. The summed E-state index contributed by atoms with van der Waals surface area (Å²) in [7, 11) is 0. The van der Waals surface area contributed by atoms with Crippen LogP contribution in [0.3, 0.4) is 0 Å². The molecule has 0 aromatic rings. The lowest BCUT2D eigenvalue weighted by Crippen LogP contribution is -2.44. The molecular formula is C11H16N2O2. The number of hydrogen-bond acceptors (Lipinski definition) is 3. The van der Waals surface area contributed by atoms with Crippen LogP contribution in [-0.2, 0) is 4.79 Å². The first-order valence-electron chi connectivity index (χ1n) is 5.59. The van der Waals surface area contributed by atoms with Crippen LogP contribution in [0.1, 0.15) is 32.1 Å². The van der Waals surface area contributed by atoms with Gasteiger partial charge in [-0.1, -0.05) is 0 Å². The lowest BCUT2D eigenvalue weighted by molar-refractivity contribution is -0.144. The van der Waals surface area contributed by atoms with E-state index in [1.807, 2.05) is 4.90 Å². The van der Waals surface area contributed by atoms with E-state index in [2.05, 4.69) is 6.07 Å². The van der Waals surface area contributed by atoms with Gasteiger partial charge in [0, 0.05) is 19.0 Å². The zero-order chi connectivity index (χ0) is 10.8. The Morgan fingerprint density at radius 2 is 2.13 bits per heavy atom. The van der Waals surface area contributed by atoms with Crippen molar-refractivity contribution in [2.24, 2.45) is 5.92 Å². The van der Waals surface area contributed by atoms with E-state index in [9.17, 15) is 9.90 Å². The second kappa shape index (κ2) is 4.19. The molecule has 82 valence electrons. The molecule has 0 aliphatic heterocycles. The summed E-state index contributed by atoms with van der Waals surface area (Å²) in [5, 5.41) is 17.8. The molecule has 2 rings (SSSR count). The van der Waals surface area contributed by atoms with Crippen LogP contribution in [-0.4, -0.2) is 34.6 Å². The summed E-state index contributed by atoms with van der Waals surface area (Å²) < 4.78 is 0. The molecule has 1 N–H and O–H groups in total. The highest BCUT2D eigenvalue weighted by atomic mass is 16.4. The van der Waals surface area contributed by atoms with Crippen molar-refractivity contribution in [1.29, 1.82) is 5.26 Å². The monoisotopic (exact) mass is 208 g/mol. The van der Waals surface area contributed by atoms with Crippen molar-refractivity contribution in [3.8, 4) is 6.07 Å². The van der Waals surface area contributed by atoms with Crippen LogP contribution in [0.15, 0.2) is 0 Å². The zero-order valence-electron chi connectivity index (χ0n) is 8.72. The van der Waals surface area contributed by atoms with Crippen LogP contribution < -0.4 is 0 Å². The quantitative estimate of drug-likeness (QED) is 0.713. The number of rotatable bonds is 6. The summed E-state index contributed by atoms with van der Waals surface area (Å²) >= 11 is 0. The van der Waals surface area contributed by atoms with E-state index in [0.717, 1.165) is 25.7 Å². The second-order valence-corrected chi connectivity index (χ2v) is 4.50. The van der Waals surface area contributed by atoms with Crippen molar-refractivity contribution in [3.63, 3.8) is 0 Å². The molecule has 0 saturated heterocycles. The van der Waals surface area contributed by atoms with Crippen LogP contribution in [0.2, 0.25) is 0 Å². The van der Waals surface area contributed by atoms with Gasteiger partial charge in [0.1, 0.15) is 6.04 Å². The molecule has 2 saturated carbocycles. The first-order valence-corrected chi connectivity index (χ1v) is 5.59. The third-order valence-corrected chi connectivity index (χ3v) is 3.18. The first-order chi connectivity index (χ1) is 7.24. The van der Waals surface area contributed by atoms with Crippen LogP contribution in [0.25, 0.3) is 0 Å². The number of carboxylic acid groups (broad SMARTS) is 1. The number of hydrogen-bond donors (Lipinski definition) is 1. The lowest BCUT2D eigenvalue weighted by Gasteiger charge is -2.27. The minimum absolute atomic E-state index is 0.328. The molecule has 0 aromatic heterocycles. The number of aliphatic carboxylic acids is 1. The van der Waals surface area contributed by atoms with Gasteiger partial charge in [-0.05, 0) is 31.6 Å². The Balaban J connectivity index is 2.00. The predicted octanol–water partition coefficient (Wildman–Crippen LogP) is 1.23.